The Balaban J connectivity index is 1.80. The van der Waals surface area contributed by atoms with Crippen molar-refractivity contribution in [2.45, 2.75) is 6.42 Å². The van der Waals surface area contributed by atoms with Gasteiger partial charge in [-0.1, -0.05) is 22.0 Å². The number of carbonyl (C=O) groups excluding carboxylic acids is 2. The highest BCUT2D eigenvalue weighted by molar-refractivity contribution is 9.10. The van der Waals surface area contributed by atoms with Gasteiger partial charge >= 0.3 is 0 Å². The van der Waals surface area contributed by atoms with Crippen LogP contribution in [-0.2, 0) is 11.2 Å². The van der Waals surface area contributed by atoms with Crippen molar-refractivity contribution < 1.29 is 19.1 Å². The van der Waals surface area contributed by atoms with Gasteiger partial charge in [0, 0.05) is 11.0 Å². The van der Waals surface area contributed by atoms with Crippen LogP contribution in [0.3, 0.4) is 0 Å². The highest BCUT2D eigenvalue weighted by Gasteiger charge is 2.11. The van der Waals surface area contributed by atoms with Crippen molar-refractivity contribution in [3.8, 4) is 11.5 Å². The van der Waals surface area contributed by atoms with Gasteiger partial charge in [0.2, 0.25) is 5.91 Å². The molecule has 0 radical (unpaired) electrons. The van der Waals surface area contributed by atoms with Gasteiger partial charge in [-0.05, 0) is 35.6 Å². The first-order valence-corrected chi connectivity index (χ1v) is 9.21. The van der Waals surface area contributed by atoms with Crippen LogP contribution in [-0.4, -0.2) is 39.1 Å². The molecule has 1 aromatic carbocycles. The van der Waals surface area contributed by atoms with Crippen molar-refractivity contribution >= 4 is 39.1 Å². The Morgan fingerprint density at radius 3 is 2.52 bits per heavy atom. The molecule has 0 saturated heterocycles. The fourth-order valence-corrected chi connectivity index (χ4v) is 3.30. The Morgan fingerprint density at radius 1 is 1.16 bits per heavy atom. The van der Waals surface area contributed by atoms with Crippen LogP contribution in [0, 0.1) is 0 Å². The minimum Gasteiger partial charge on any atom is -0.493 e. The number of ether oxygens (including phenoxy) is 2. The summed E-state index contributed by atoms with van der Waals surface area (Å²) in [7, 11) is 3.16. The molecule has 0 saturated carbocycles. The summed E-state index contributed by atoms with van der Waals surface area (Å²) in [6.45, 7) is 0.394. The van der Waals surface area contributed by atoms with E-state index in [1.54, 1.807) is 26.4 Å². The van der Waals surface area contributed by atoms with Crippen molar-refractivity contribution in [2.75, 3.05) is 27.3 Å². The smallest absolute Gasteiger partial charge is 0.261 e. The maximum absolute atomic E-state index is 11.8. The topological polar surface area (TPSA) is 76.7 Å². The molecule has 2 amide bonds. The predicted molar refractivity (Wildman–Crippen MR) is 101 cm³/mol. The molecule has 1 heterocycles. The number of thiophene rings is 1. The average molecular weight is 427 g/mol. The van der Waals surface area contributed by atoms with Gasteiger partial charge < -0.3 is 20.1 Å². The molecule has 0 fully saturated rings. The number of hydrogen-bond donors (Lipinski definition) is 2. The van der Waals surface area contributed by atoms with Gasteiger partial charge in [0.1, 0.15) is 0 Å². The molecule has 8 heteroatoms. The Bertz CT molecular complexity index is 734. The monoisotopic (exact) mass is 426 g/mol. The quantitative estimate of drug-likeness (QED) is 0.679. The molecule has 6 nitrogen and oxygen atoms in total. The number of amides is 2. The molecule has 134 valence electrons. The first-order chi connectivity index (χ1) is 12.0. The van der Waals surface area contributed by atoms with Crippen LogP contribution in [0.25, 0.3) is 0 Å². The van der Waals surface area contributed by atoms with Gasteiger partial charge in [-0.25, -0.2) is 0 Å². The second kappa shape index (κ2) is 9.43. The zero-order chi connectivity index (χ0) is 18.2. The molecule has 0 unspecified atom stereocenters. The molecule has 0 aliphatic heterocycles. The van der Waals surface area contributed by atoms with Crippen LogP contribution >= 0.6 is 27.3 Å². The maximum atomic E-state index is 11.8. The summed E-state index contributed by atoms with van der Waals surface area (Å²) in [5.41, 5.74) is 0.987. The Hall–Kier alpha value is -2.06. The molecule has 0 spiro atoms. The molecular formula is C17H19BrN2O4S. The zero-order valence-electron chi connectivity index (χ0n) is 13.9. The second-order valence-corrected chi connectivity index (χ2v) is 6.86. The number of rotatable bonds is 8. The zero-order valence-corrected chi connectivity index (χ0v) is 16.3. The van der Waals surface area contributed by atoms with Crippen LogP contribution in [0.4, 0.5) is 0 Å². The van der Waals surface area contributed by atoms with E-state index in [0.717, 1.165) is 10.0 Å². The maximum Gasteiger partial charge on any atom is 0.261 e. The Labute approximate surface area is 158 Å². The fourth-order valence-electron chi connectivity index (χ4n) is 2.14. The van der Waals surface area contributed by atoms with E-state index < -0.39 is 0 Å². The van der Waals surface area contributed by atoms with Crippen LogP contribution in [0.15, 0.2) is 34.1 Å². The predicted octanol–water partition coefficient (Wildman–Crippen LogP) is 2.62. The minimum atomic E-state index is -0.243. The van der Waals surface area contributed by atoms with Crippen molar-refractivity contribution in [1.82, 2.24) is 10.6 Å². The average Bonchev–Trinajstić information content (AvgIpc) is 3.15. The summed E-state index contributed by atoms with van der Waals surface area (Å²) in [5.74, 6) is 0.794. The third kappa shape index (κ3) is 5.47. The second-order valence-electron chi connectivity index (χ2n) is 5.06. The summed E-state index contributed by atoms with van der Waals surface area (Å²) in [6.07, 6.45) is 0.617. The van der Waals surface area contributed by atoms with Gasteiger partial charge in [-0.2, -0.15) is 0 Å². The van der Waals surface area contributed by atoms with Crippen LogP contribution in [0.5, 0.6) is 11.5 Å². The van der Waals surface area contributed by atoms with E-state index in [1.165, 1.54) is 11.3 Å². The molecular weight excluding hydrogens is 408 g/mol. The number of nitrogens with one attached hydrogen (secondary N) is 2. The SMILES string of the molecule is COc1cc(Br)c(CCNC(=O)CNC(=O)c2cccs2)cc1OC. The molecule has 0 atom stereocenters. The molecule has 2 N–H and O–H groups in total. The summed E-state index contributed by atoms with van der Waals surface area (Å²) < 4.78 is 11.4. The molecule has 0 bridgehead atoms. The van der Waals surface area contributed by atoms with Gasteiger partial charge in [0.15, 0.2) is 11.5 Å². The van der Waals surface area contributed by atoms with E-state index >= 15 is 0 Å². The lowest BCUT2D eigenvalue weighted by molar-refractivity contribution is -0.120. The standard InChI is InChI=1S/C17H19BrN2O4S/c1-23-13-8-11(12(18)9-14(13)24-2)5-6-19-16(21)10-20-17(22)15-4-3-7-25-15/h3-4,7-9H,5-6,10H2,1-2H3,(H,19,21)(H,20,22). The van der Waals surface area contributed by atoms with E-state index in [-0.39, 0.29) is 18.4 Å². The molecule has 2 rings (SSSR count). The van der Waals surface area contributed by atoms with E-state index in [2.05, 4.69) is 26.6 Å². The lowest BCUT2D eigenvalue weighted by Gasteiger charge is -2.12. The fraction of sp³-hybridized carbons (Fsp3) is 0.294. The normalized spacial score (nSPS) is 10.2. The summed E-state index contributed by atoms with van der Waals surface area (Å²) in [4.78, 5) is 24.2. The molecule has 25 heavy (non-hydrogen) atoms. The summed E-state index contributed by atoms with van der Waals surface area (Å²) in [5, 5.41) is 7.19. The highest BCUT2D eigenvalue weighted by Crippen LogP contribution is 2.33. The number of benzene rings is 1. The van der Waals surface area contributed by atoms with E-state index in [4.69, 9.17) is 9.47 Å². The third-order valence-electron chi connectivity index (χ3n) is 3.42. The van der Waals surface area contributed by atoms with Gasteiger partial charge in [-0.15, -0.1) is 11.3 Å². The van der Waals surface area contributed by atoms with Gasteiger partial charge in [0.05, 0.1) is 25.6 Å². The molecule has 0 aliphatic rings. The first kappa shape index (κ1) is 19.3. The van der Waals surface area contributed by atoms with Crippen molar-refractivity contribution in [2.24, 2.45) is 0 Å². The van der Waals surface area contributed by atoms with E-state index in [9.17, 15) is 9.59 Å². The Morgan fingerprint density at radius 2 is 1.88 bits per heavy atom. The number of halogens is 1. The molecule has 1 aromatic heterocycles. The lowest BCUT2D eigenvalue weighted by atomic mass is 10.1. The van der Waals surface area contributed by atoms with Crippen molar-refractivity contribution in [3.05, 3.63) is 44.6 Å². The van der Waals surface area contributed by atoms with Gasteiger partial charge in [-0.3, -0.25) is 9.59 Å². The van der Waals surface area contributed by atoms with E-state index in [1.807, 2.05) is 17.5 Å². The van der Waals surface area contributed by atoms with Crippen LogP contribution < -0.4 is 20.1 Å². The van der Waals surface area contributed by atoms with E-state index in [0.29, 0.717) is 29.3 Å². The highest BCUT2D eigenvalue weighted by atomic mass is 79.9. The van der Waals surface area contributed by atoms with Crippen molar-refractivity contribution in [3.63, 3.8) is 0 Å². The summed E-state index contributed by atoms with van der Waals surface area (Å²) >= 11 is 4.82. The van der Waals surface area contributed by atoms with Gasteiger partial charge in [0.25, 0.3) is 5.91 Å². The summed E-state index contributed by atoms with van der Waals surface area (Å²) in [6, 6.07) is 7.21. The third-order valence-corrected chi connectivity index (χ3v) is 5.03. The minimum absolute atomic E-state index is 0.0517. The lowest BCUT2D eigenvalue weighted by Crippen LogP contribution is -2.37. The molecule has 2 aromatic rings. The largest absolute Gasteiger partial charge is 0.493 e. The number of methoxy groups -OCH3 is 2. The first-order valence-electron chi connectivity index (χ1n) is 7.54. The number of carbonyl (C=O) groups is 2. The Kier molecular flexibility index (Phi) is 7.27. The van der Waals surface area contributed by atoms with Crippen LogP contribution in [0.1, 0.15) is 15.2 Å². The number of hydrogen-bond acceptors (Lipinski definition) is 5. The van der Waals surface area contributed by atoms with Crippen LogP contribution in [0.2, 0.25) is 0 Å². The molecule has 0 aliphatic carbocycles. The van der Waals surface area contributed by atoms with Crippen molar-refractivity contribution in [1.29, 1.82) is 0 Å².